The van der Waals surface area contributed by atoms with Gasteiger partial charge in [-0.3, -0.25) is 9.80 Å². The van der Waals surface area contributed by atoms with E-state index in [1.807, 2.05) is 6.07 Å². The number of fused-ring (bicyclic) bond motifs is 1. The van der Waals surface area contributed by atoms with Gasteiger partial charge in [0, 0.05) is 31.7 Å². The summed E-state index contributed by atoms with van der Waals surface area (Å²) in [5, 5.41) is 0. The second kappa shape index (κ2) is 10.3. The molecule has 4 heteroatoms. The summed E-state index contributed by atoms with van der Waals surface area (Å²) >= 11 is 0. The zero-order valence-electron chi connectivity index (χ0n) is 19.5. The summed E-state index contributed by atoms with van der Waals surface area (Å²) < 4.78 is 11.8. The topological polar surface area (TPSA) is 24.9 Å². The summed E-state index contributed by atoms with van der Waals surface area (Å²) in [6.07, 6.45) is 9.86. The maximum atomic E-state index is 6.20. The fourth-order valence-electron chi connectivity index (χ4n) is 6.34. The fraction of sp³-hybridized carbons (Fsp3) is 0.571. The number of nitrogens with zero attached hydrogens (tertiary/aromatic N) is 2. The molecule has 0 radical (unpaired) electrons. The van der Waals surface area contributed by atoms with Gasteiger partial charge < -0.3 is 9.47 Å². The van der Waals surface area contributed by atoms with Gasteiger partial charge in [-0.05, 0) is 61.4 Å². The third-order valence-corrected chi connectivity index (χ3v) is 7.89. The summed E-state index contributed by atoms with van der Waals surface area (Å²) in [5.74, 6) is 2.53. The summed E-state index contributed by atoms with van der Waals surface area (Å²) in [6.45, 7) is 5.29. The van der Waals surface area contributed by atoms with E-state index in [0.29, 0.717) is 12.6 Å². The Kier molecular flexibility index (Phi) is 6.99. The van der Waals surface area contributed by atoms with Crippen LogP contribution in [0.15, 0.2) is 48.5 Å². The lowest BCUT2D eigenvalue weighted by atomic mass is 9.78. The minimum absolute atomic E-state index is 0.562. The molecular formula is C28H38N2O2. The number of methoxy groups -OCH3 is 1. The molecule has 2 atom stereocenters. The molecule has 5 rings (SSSR count). The molecule has 2 aliphatic heterocycles. The highest BCUT2D eigenvalue weighted by Crippen LogP contribution is 2.38. The molecule has 2 unspecified atom stereocenters. The van der Waals surface area contributed by atoms with E-state index < -0.39 is 0 Å². The molecule has 1 aliphatic carbocycles. The van der Waals surface area contributed by atoms with Gasteiger partial charge in [-0.1, -0.05) is 55.7 Å². The first-order valence-electron chi connectivity index (χ1n) is 12.6. The van der Waals surface area contributed by atoms with Crippen molar-refractivity contribution in [2.45, 2.75) is 70.2 Å². The predicted molar refractivity (Wildman–Crippen MR) is 129 cm³/mol. The van der Waals surface area contributed by atoms with E-state index in [1.54, 1.807) is 7.11 Å². The first-order valence-corrected chi connectivity index (χ1v) is 12.6. The van der Waals surface area contributed by atoms with Crippen molar-refractivity contribution in [1.82, 2.24) is 9.80 Å². The second-order valence-electron chi connectivity index (χ2n) is 9.86. The Labute approximate surface area is 193 Å². The number of hydrogen-bond donors (Lipinski definition) is 0. The minimum Gasteiger partial charge on any atom is -0.493 e. The van der Waals surface area contributed by atoms with Crippen molar-refractivity contribution in [2.24, 2.45) is 5.92 Å². The maximum absolute atomic E-state index is 6.20. The summed E-state index contributed by atoms with van der Waals surface area (Å²) in [6, 6.07) is 18.4. The highest BCUT2D eigenvalue weighted by Gasteiger charge is 2.42. The van der Waals surface area contributed by atoms with Crippen molar-refractivity contribution in [3.63, 3.8) is 0 Å². The zero-order valence-corrected chi connectivity index (χ0v) is 19.5. The van der Waals surface area contributed by atoms with Crippen LogP contribution in [-0.2, 0) is 13.2 Å². The van der Waals surface area contributed by atoms with E-state index in [4.69, 9.17) is 9.47 Å². The van der Waals surface area contributed by atoms with E-state index in [2.05, 4.69) is 52.3 Å². The van der Waals surface area contributed by atoms with Gasteiger partial charge in [0.05, 0.1) is 7.11 Å². The van der Waals surface area contributed by atoms with Crippen LogP contribution in [0.4, 0.5) is 0 Å². The van der Waals surface area contributed by atoms with E-state index in [1.165, 1.54) is 75.7 Å². The lowest BCUT2D eigenvalue weighted by Crippen LogP contribution is -2.59. The lowest BCUT2D eigenvalue weighted by molar-refractivity contribution is -0.00383. The van der Waals surface area contributed by atoms with Crippen LogP contribution >= 0.6 is 0 Å². The predicted octanol–water partition coefficient (Wildman–Crippen LogP) is 5.50. The van der Waals surface area contributed by atoms with E-state index in [9.17, 15) is 0 Å². The normalized spacial score (nSPS) is 24.9. The van der Waals surface area contributed by atoms with Crippen LogP contribution in [0.5, 0.6) is 11.5 Å². The minimum atomic E-state index is 0.562. The maximum Gasteiger partial charge on any atom is 0.161 e. The van der Waals surface area contributed by atoms with Gasteiger partial charge in [-0.2, -0.15) is 0 Å². The zero-order chi connectivity index (χ0) is 21.8. The average Bonchev–Trinajstić information content (AvgIpc) is 3.33. The van der Waals surface area contributed by atoms with Crippen LogP contribution < -0.4 is 9.47 Å². The van der Waals surface area contributed by atoms with Gasteiger partial charge in [-0.15, -0.1) is 0 Å². The molecule has 3 aliphatic rings. The van der Waals surface area contributed by atoms with Gasteiger partial charge in [0.1, 0.15) is 6.61 Å². The molecule has 3 fully saturated rings. The highest BCUT2D eigenvalue weighted by molar-refractivity contribution is 5.43. The molecule has 0 amide bonds. The van der Waals surface area contributed by atoms with E-state index in [-0.39, 0.29) is 0 Å². The lowest BCUT2D eigenvalue weighted by Gasteiger charge is -2.49. The molecule has 2 aromatic rings. The van der Waals surface area contributed by atoms with Crippen molar-refractivity contribution in [1.29, 1.82) is 0 Å². The molecule has 0 spiro atoms. The van der Waals surface area contributed by atoms with E-state index >= 15 is 0 Å². The van der Waals surface area contributed by atoms with Gasteiger partial charge in [-0.25, -0.2) is 0 Å². The Bertz CT molecular complexity index is 865. The van der Waals surface area contributed by atoms with Crippen LogP contribution in [0.1, 0.15) is 56.1 Å². The van der Waals surface area contributed by atoms with E-state index in [0.717, 1.165) is 30.0 Å². The summed E-state index contributed by atoms with van der Waals surface area (Å²) in [7, 11) is 1.73. The molecule has 0 N–H and O–H groups in total. The smallest absolute Gasteiger partial charge is 0.161 e. The standard InChI is InChI=1S/C28H38N2O2/c1-31-26-15-14-23(19-27(26)32-21-22-9-4-2-5-10-22)20-30-18-17-29-16-8-13-25(29)28(30)24-11-6-3-7-12-24/h2,4-5,9-10,14-15,19,24-25,28H,3,6-8,11-13,16-18,20-21H2,1H3. The van der Waals surface area contributed by atoms with Crippen LogP contribution in [-0.4, -0.2) is 48.6 Å². The Hall–Kier alpha value is -2.04. The Morgan fingerprint density at radius 1 is 0.812 bits per heavy atom. The molecule has 0 bridgehead atoms. The number of benzene rings is 2. The Morgan fingerprint density at radius 3 is 2.47 bits per heavy atom. The molecule has 0 aromatic heterocycles. The Balaban J connectivity index is 1.33. The molecule has 1 saturated carbocycles. The van der Waals surface area contributed by atoms with Crippen LogP contribution in [0.3, 0.4) is 0 Å². The molecular weight excluding hydrogens is 396 g/mol. The molecule has 2 heterocycles. The average molecular weight is 435 g/mol. The number of rotatable bonds is 7. The van der Waals surface area contributed by atoms with Crippen molar-refractivity contribution < 1.29 is 9.47 Å². The van der Waals surface area contributed by atoms with Crippen molar-refractivity contribution in [3.8, 4) is 11.5 Å². The fourth-order valence-corrected chi connectivity index (χ4v) is 6.34. The Morgan fingerprint density at radius 2 is 1.66 bits per heavy atom. The molecule has 4 nitrogen and oxygen atoms in total. The van der Waals surface area contributed by atoms with Gasteiger partial charge >= 0.3 is 0 Å². The van der Waals surface area contributed by atoms with Crippen LogP contribution in [0, 0.1) is 5.92 Å². The largest absolute Gasteiger partial charge is 0.493 e. The summed E-state index contributed by atoms with van der Waals surface area (Å²) in [4.78, 5) is 5.60. The number of hydrogen-bond acceptors (Lipinski definition) is 4. The molecule has 32 heavy (non-hydrogen) atoms. The first kappa shape index (κ1) is 21.8. The molecule has 172 valence electrons. The molecule has 2 saturated heterocycles. The van der Waals surface area contributed by atoms with Crippen molar-refractivity contribution in [3.05, 3.63) is 59.7 Å². The van der Waals surface area contributed by atoms with Crippen LogP contribution in [0.25, 0.3) is 0 Å². The third-order valence-electron chi connectivity index (χ3n) is 7.89. The van der Waals surface area contributed by atoms with Crippen LogP contribution in [0.2, 0.25) is 0 Å². The monoisotopic (exact) mass is 434 g/mol. The van der Waals surface area contributed by atoms with Gasteiger partial charge in [0.25, 0.3) is 0 Å². The first-order chi connectivity index (χ1) is 15.8. The SMILES string of the molecule is COc1ccc(CN2CCN3CCCC3C2C2CCCCC2)cc1OCc1ccccc1. The summed E-state index contributed by atoms with van der Waals surface area (Å²) in [5.41, 5.74) is 2.51. The highest BCUT2D eigenvalue weighted by atomic mass is 16.5. The third kappa shape index (κ3) is 4.82. The molecule has 2 aromatic carbocycles. The van der Waals surface area contributed by atoms with Gasteiger partial charge in [0.15, 0.2) is 11.5 Å². The number of piperazine rings is 1. The quantitative estimate of drug-likeness (QED) is 0.574. The van der Waals surface area contributed by atoms with Crippen molar-refractivity contribution in [2.75, 3.05) is 26.7 Å². The van der Waals surface area contributed by atoms with Gasteiger partial charge in [0.2, 0.25) is 0 Å². The second-order valence-corrected chi connectivity index (χ2v) is 9.86. The number of ether oxygens (including phenoxy) is 2. The van der Waals surface area contributed by atoms with Crippen molar-refractivity contribution >= 4 is 0 Å².